The van der Waals surface area contributed by atoms with Crippen molar-refractivity contribution >= 4 is 29.8 Å². The van der Waals surface area contributed by atoms with E-state index in [-0.39, 0.29) is 18.4 Å². The zero-order chi connectivity index (χ0) is 14.4. The third-order valence-corrected chi connectivity index (χ3v) is 2.74. The fourth-order valence-corrected chi connectivity index (χ4v) is 1.60. The Bertz CT molecular complexity index is 610. The van der Waals surface area contributed by atoms with E-state index in [0.717, 1.165) is 11.3 Å². The summed E-state index contributed by atoms with van der Waals surface area (Å²) in [5, 5.41) is 8.21. The Hall–Kier alpha value is -2.24. The Morgan fingerprint density at radius 1 is 1.00 bits per heavy atom. The van der Waals surface area contributed by atoms with Gasteiger partial charge in [-0.05, 0) is 42.0 Å². The van der Waals surface area contributed by atoms with Gasteiger partial charge in [-0.2, -0.15) is 10.2 Å². The SMILES string of the molecule is COC(=O)c1ccc(N=Nc2ccc(CN)cc2)cc1.Cl. The summed E-state index contributed by atoms with van der Waals surface area (Å²) >= 11 is 0. The second-order valence-corrected chi connectivity index (χ2v) is 4.11. The molecule has 110 valence electrons. The number of carbonyl (C=O) groups excluding carboxylic acids is 1. The lowest BCUT2D eigenvalue weighted by molar-refractivity contribution is 0.0601. The molecule has 0 radical (unpaired) electrons. The lowest BCUT2D eigenvalue weighted by atomic mass is 10.2. The van der Waals surface area contributed by atoms with Gasteiger partial charge in [0.25, 0.3) is 0 Å². The summed E-state index contributed by atoms with van der Waals surface area (Å²) in [7, 11) is 1.35. The number of azo groups is 1. The van der Waals surface area contributed by atoms with Crippen LogP contribution in [0.15, 0.2) is 58.8 Å². The fourth-order valence-electron chi connectivity index (χ4n) is 1.60. The van der Waals surface area contributed by atoms with Gasteiger partial charge in [-0.25, -0.2) is 4.79 Å². The van der Waals surface area contributed by atoms with Crippen LogP contribution in [0.25, 0.3) is 0 Å². The van der Waals surface area contributed by atoms with Crippen LogP contribution in [0.4, 0.5) is 11.4 Å². The summed E-state index contributed by atoms with van der Waals surface area (Å²) in [6, 6.07) is 14.3. The van der Waals surface area contributed by atoms with Gasteiger partial charge in [-0.15, -0.1) is 12.4 Å². The van der Waals surface area contributed by atoms with Crippen LogP contribution in [0, 0.1) is 0 Å². The molecule has 0 fully saturated rings. The van der Waals surface area contributed by atoms with Gasteiger partial charge in [0.05, 0.1) is 24.0 Å². The van der Waals surface area contributed by atoms with E-state index in [1.807, 2.05) is 24.3 Å². The Kier molecular flexibility index (Phi) is 6.52. The number of esters is 1. The largest absolute Gasteiger partial charge is 0.465 e. The first kappa shape index (κ1) is 16.8. The number of hydrogen-bond donors (Lipinski definition) is 1. The topological polar surface area (TPSA) is 77.0 Å². The Balaban J connectivity index is 0.00000220. The van der Waals surface area contributed by atoms with E-state index in [2.05, 4.69) is 15.0 Å². The van der Waals surface area contributed by atoms with Crippen molar-refractivity contribution in [1.29, 1.82) is 0 Å². The van der Waals surface area contributed by atoms with Crippen molar-refractivity contribution in [3.05, 3.63) is 59.7 Å². The standard InChI is InChI=1S/C15H15N3O2.ClH/c1-20-15(19)12-4-8-14(9-5-12)18-17-13-6-2-11(10-16)3-7-13;/h2-9H,10,16H2,1H3;1H. The molecule has 0 amide bonds. The molecule has 21 heavy (non-hydrogen) atoms. The van der Waals surface area contributed by atoms with Crippen molar-refractivity contribution in [2.45, 2.75) is 6.54 Å². The Morgan fingerprint density at radius 3 is 1.90 bits per heavy atom. The van der Waals surface area contributed by atoms with Crippen LogP contribution >= 0.6 is 12.4 Å². The number of nitrogens with zero attached hydrogens (tertiary/aromatic N) is 2. The molecule has 6 heteroatoms. The first-order valence-corrected chi connectivity index (χ1v) is 6.12. The van der Waals surface area contributed by atoms with Crippen LogP contribution in [-0.2, 0) is 11.3 Å². The molecule has 2 rings (SSSR count). The van der Waals surface area contributed by atoms with Gasteiger partial charge in [-0.1, -0.05) is 12.1 Å². The molecule has 0 bridgehead atoms. The number of nitrogens with two attached hydrogens (primary N) is 1. The van der Waals surface area contributed by atoms with Crippen LogP contribution in [0.1, 0.15) is 15.9 Å². The molecule has 2 aromatic carbocycles. The molecule has 5 nitrogen and oxygen atoms in total. The van der Waals surface area contributed by atoms with Gasteiger partial charge < -0.3 is 10.5 Å². The Labute approximate surface area is 129 Å². The first-order valence-electron chi connectivity index (χ1n) is 6.12. The molecule has 0 spiro atoms. The van der Waals surface area contributed by atoms with Crippen molar-refractivity contribution < 1.29 is 9.53 Å². The van der Waals surface area contributed by atoms with Crippen LogP contribution in [0.2, 0.25) is 0 Å². The molecule has 0 aromatic heterocycles. The van der Waals surface area contributed by atoms with E-state index in [1.165, 1.54) is 7.11 Å². The minimum Gasteiger partial charge on any atom is -0.465 e. The van der Waals surface area contributed by atoms with Gasteiger partial charge in [0.2, 0.25) is 0 Å². The van der Waals surface area contributed by atoms with E-state index in [9.17, 15) is 4.79 Å². The molecule has 0 aliphatic heterocycles. The minimum absolute atomic E-state index is 0. The second-order valence-electron chi connectivity index (χ2n) is 4.11. The van der Waals surface area contributed by atoms with Gasteiger partial charge in [0, 0.05) is 6.54 Å². The van der Waals surface area contributed by atoms with Crippen LogP contribution < -0.4 is 5.73 Å². The summed E-state index contributed by atoms with van der Waals surface area (Å²) in [4.78, 5) is 11.3. The van der Waals surface area contributed by atoms with Crippen molar-refractivity contribution in [2.75, 3.05) is 7.11 Å². The summed E-state index contributed by atoms with van der Waals surface area (Å²) in [5.41, 5.74) is 8.47. The van der Waals surface area contributed by atoms with Gasteiger partial charge >= 0.3 is 5.97 Å². The quantitative estimate of drug-likeness (QED) is 0.690. The molecule has 0 saturated carbocycles. The highest BCUT2D eigenvalue weighted by atomic mass is 35.5. The monoisotopic (exact) mass is 305 g/mol. The molecule has 2 aromatic rings. The molecule has 0 heterocycles. The molecular formula is C15H16ClN3O2. The highest BCUT2D eigenvalue weighted by Gasteiger charge is 2.03. The van der Waals surface area contributed by atoms with Gasteiger partial charge in [-0.3, -0.25) is 0 Å². The highest BCUT2D eigenvalue weighted by Crippen LogP contribution is 2.19. The number of carbonyl (C=O) groups is 1. The fraction of sp³-hybridized carbons (Fsp3) is 0.133. The maximum Gasteiger partial charge on any atom is 0.337 e. The zero-order valence-corrected chi connectivity index (χ0v) is 12.3. The number of hydrogen-bond acceptors (Lipinski definition) is 5. The van der Waals surface area contributed by atoms with E-state index < -0.39 is 0 Å². The van der Waals surface area contributed by atoms with E-state index in [0.29, 0.717) is 17.8 Å². The maximum absolute atomic E-state index is 11.3. The Morgan fingerprint density at radius 2 is 1.48 bits per heavy atom. The summed E-state index contributed by atoms with van der Waals surface area (Å²) < 4.78 is 4.62. The van der Waals surface area contributed by atoms with Crippen molar-refractivity contribution in [2.24, 2.45) is 16.0 Å². The summed E-state index contributed by atoms with van der Waals surface area (Å²) in [6.07, 6.45) is 0. The molecule has 0 unspecified atom stereocenters. The molecule has 2 N–H and O–H groups in total. The lowest BCUT2D eigenvalue weighted by Crippen LogP contribution is -1.99. The predicted octanol–water partition coefficient (Wildman–Crippen LogP) is 3.77. The van der Waals surface area contributed by atoms with Crippen molar-refractivity contribution in [3.63, 3.8) is 0 Å². The van der Waals surface area contributed by atoms with E-state index in [4.69, 9.17) is 5.73 Å². The highest BCUT2D eigenvalue weighted by molar-refractivity contribution is 5.89. The average molecular weight is 306 g/mol. The van der Waals surface area contributed by atoms with Gasteiger partial charge in [0.15, 0.2) is 0 Å². The maximum atomic E-state index is 11.3. The van der Waals surface area contributed by atoms with Crippen molar-refractivity contribution in [1.82, 2.24) is 0 Å². The van der Waals surface area contributed by atoms with Crippen molar-refractivity contribution in [3.8, 4) is 0 Å². The summed E-state index contributed by atoms with van der Waals surface area (Å²) in [6.45, 7) is 0.506. The molecule has 0 aliphatic rings. The third kappa shape index (κ3) is 4.66. The average Bonchev–Trinajstić information content (AvgIpc) is 2.53. The molecule has 0 saturated heterocycles. The smallest absolute Gasteiger partial charge is 0.337 e. The zero-order valence-electron chi connectivity index (χ0n) is 11.5. The van der Waals surface area contributed by atoms with E-state index in [1.54, 1.807) is 24.3 Å². The minimum atomic E-state index is -0.370. The number of rotatable bonds is 4. The van der Waals surface area contributed by atoms with Gasteiger partial charge in [0.1, 0.15) is 0 Å². The van der Waals surface area contributed by atoms with Crippen LogP contribution in [0.3, 0.4) is 0 Å². The van der Waals surface area contributed by atoms with Crippen LogP contribution in [-0.4, -0.2) is 13.1 Å². The first-order chi connectivity index (χ1) is 9.72. The molecule has 0 atom stereocenters. The number of methoxy groups -OCH3 is 1. The molecular weight excluding hydrogens is 290 g/mol. The third-order valence-electron chi connectivity index (χ3n) is 2.74. The molecule has 0 aliphatic carbocycles. The number of benzene rings is 2. The number of ether oxygens (including phenoxy) is 1. The lowest BCUT2D eigenvalue weighted by Gasteiger charge is -1.99. The second kappa shape index (κ2) is 8.14. The van der Waals surface area contributed by atoms with Crippen LogP contribution in [0.5, 0.6) is 0 Å². The van der Waals surface area contributed by atoms with E-state index >= 15 is 0 Å². The predicted molar refractivity (Wildman–Crippen MR) is 83.5 cm³/mol. The normalized spacial score (nSPS) is 10.2. The number of halogens is 1. The summed E-state index contributed by atoms with van der Waals surface area (Å²) in [5.74, 6) is -0.370.